The molecule has 0 aliphatic rings. The van der Waals surface area contributed by atoms with Crippen LogP contribution in [0.15, 0.2) is 86.7 Å². The van der Waals surface area contributed by atoms with Crippen LogP contribution < -0.4 is 5.11 Å². The van der Waals surface area contributed by atoms with Gasteiger partial charge in [0.05, 0.1) is 16.3 Å². The fourth-order valence-corrected chi connectivity index (χ4v) is 5.20. The van der Waals surface area contributed by atoms with Gasteiger partial charge in [0.1, 0.15) is 15.0 Å². The normalized spacial score (nSPS) is 12.3. The van der Waals surface area contributed by atoms with Gasteiger partial charge in [-0.05, 0) is 29.0 Å². The third-order valence-electron chi connectivity index (χ3n) is 4.58. The second-order valence-electron chi connectivity index (χ2n) is 6.56. The van der Waals surface area contributed by atoms with E-state index in [4.69, 9.17) is 0 Å². The van der Waals surface area contributed by atoms with E-state index in [0.29, 0.717) is 5.39 Å². The largest absolute Gasteiger partial charge is 2.00 e. The van der Waals surface area contributed by atoms with Crippen molar-refractivity contribution in [3.8, 4) is 5.75 Å². The maximum Gasteiger partial charge on any atom is 2.00 e. The molecule has 12 heteroatoms. The molecule has 0 saturated carbocycles. The molecule has 0 unspecified atom stereocenters. The van der Waals surface area contributed by atoms with Gasteiger partial charge in [-0.25, -0.2) is 8.42 Å². The predicted molar refractivity (Wildman–Crippen MR) is 109 cm³/mol. The van der Waals surface area contributed by atoms with Crippen LogP contribution in [-0.4, -0.2) is 25.9 Å². The second-order valence-corrected chi connectivity index (χ2v) is 9.27. The Kier molecular flexibility index (Phi) is 6.38. The molecular formula is C20H12MnN2O7S2. The molecule has 0 spiro atoms. The standard InChI is InChI=1S/C20H14N2O7S2.Mn/c23-17-9-6-12-3-1-2-4-15(12)19(17)22-21-14-8-5-13-7-10-18(30(24,25)26)20(16(13)11-14)31(27,28)29;/h1-11,23H,(H,24,25,26)(H,27,28,29);/q;+2/p-2. The van der Waals surface area contributed by atoms with Crippen molar-refractivity contribution in [2.75, 3.05) is 0 Å². The summed E-state index contributed by atoms with van der Waals surface area (Å²) in [5.41, 5.74) is 0.147. The Hall–Kier alpha value is -2.86. The van der Waals surface area contributed by atoms with Gasteiger partial charge in [0.2, 0.25) is 0 Å². The Morgan fingerprint density at radius 2 is 1.41 bits per heavy atom. The Bertz CT molecular complexity index is 1600. The summed E-state index contributed by atoms with van der Waals surface area (Å²) in [5.74, 6) is -0.374. The van der Waals surface area contributed by atoms with E-state index >= 15 is 0 Å². The fraction of sp³-hybridized carbons (Fsp3) is 0. The van der Waals surface area contributed by atoms with E-state index in [1.54, 1.807) is 30.3 Å². The molecule has 163 valence electrons. The fourth-order valence-electron chi connectivity index (χ4n) is 3.23. The molecular weight excluding hydrogens is 499 g/mol. The van der Waals surface area contributed by atoms with Crippen LogP contribution in [0.25, 0.3) is 21.5 Å². The summed E-state index contributed by atoms with van der Waals surface area (Å²) < 4.78 is 67.7. The molecule has 4 aromatic carbocycles. The maximum absolute atomic E-state index is 12.2. The van der Waals surface area contributed by atoms with E-state index in [1.807, 2.05) is 0 Å². The van der Waals surface area contributed by atoms with Gasteiger partial charge in [0, 0.05) is 10.8 Å². The first-order valence-electron chi connectivity index (χ1n) is 8.66. The molecule has 4 rings (SSSR count). The number of nitrogens with zero attached hydrogens (tertiary/aromatic N) is 2. The zero-order chi connectivity index (χ0) is 22.4. The summed E-state index contributed by atoms with van der Waals surface area (Å²) in [5, 5.41) is 21.6. The molecule has 0 heterocycles. The number of hydrogen-bond donors (Lipinski definition) is 1. The Morgan fingerprint density at radius 1 is 0.781 bits per heavy atom. The molecule has 0 bridgehead atoms. The maximum atomic E-state index is 12.2. The van der Waals surface area contributed by atoms with Crippen molar-refractivity contribution in [1.29, 1.82) is 0 Å². The van der Waals surface area contributed by atoms with Gasteiger partial charge in [0.25, 0.3) is 10.1 Å². The summed E-state index contributed by atoms with van der Waals surface area (Å²) in [7, 11) is -10.3. The molecule has 1 radical (unpaired) electrons. The Balaban J connectivity index is 0.00000289. The SMILES string of the molecule is O=S(=O)([O-])c1ccc2ccc(N=Nc3c([O-])ccc4ccccc34)cc2c1S(=O)(=O)O.[Mn+2]. The molecule has 0 saturated heterocycles. The third kappa shape index (κ3) is 4.51. The van der Waals surface area contributed by atoms with Crippen molar-refractivity contribution in [2.45, 2.75) is 9.79 Å². The molecule has 0 fully saturated rings. The van der Waals surface area contributed by atoms with Gasteiger partial charge in [0.15, 0.2) is 0 Å². The van der Waals surface area contributed by atoms with Gasteiger partial charge >= 0.3 is 17.1 Å². The topological polar surface area (TPSA) is 159 Å². The average molecular weight is 511 g/mol. The summed E-state index contributed by atoms with van der Waals surface area (Å²) in [6, 6.07) is 16.1. The quantitative estimate of drug-likeness (QED) is 0.249. The van der Waals surface area contributed by atoms with Crippen LogP contribution in [0, 0.1) is 0 Å². The average Bonchev–Trinajstić information content (AvgIpc) is 2.70. The molecule has 4 aromatic rings. The Labute approximate surface area is 193 Å². The predicted octanol–water partition coefficient (Wildman–Crippen LogP) is 3.63. The monoisotopic (exact) mass is 511 g/mol. The third-order valence-corrected chi connectivity index (χ3v) is 6.54. The summed E-state index contributed by atoms with van der Waals surface area (Å²) in [6.07, 6.45) is 0. The number of hydrogen-bond acceptors (Lipinski definition) is 8. The zero-order valence-electron chi connectivity index (χ0n) is 15.8. The van der Waals surface area contributed by atoms with Crippen molar-refractivity contribution in [3.05, 3.63) is 66.7 Å². The van der Waals surface area contributed by atoms with E-state index in [1.165, 1.54) is 24.3 Å². The van der Waals surface area contributed by atoms with Crippen LogP contribution in [-0.2, 0) is 37.3 Å². The van der Waals surface area contributed by atoms with E-state index < -0.39 is 30.0 Å². The van der Waals surface area contributed by atoms with Crippen molar-refractivity contribution < 1.29 is 48.1 Å². The summed E-state index contributed by atoms with van der Waals surface area (Å²) in [4.78, 5) is -2.11. The minimum absolute atomic E-state index is 0. The smallest absolute Gasteiger partial charge is 0.871 e. The van der Waals surface area contributed by atoms with E-state index in [9.17, 15) is 31.0 Å². The number of rotatable bonds is 4. The number of benzene rings is 4. The van der Waals surface area contributed by atoms with E-state index in [0.717, 1.165) is 17.5 Å². The van der Waals surface area contributed by atoms with Gasteiger partial charge in [-0.3, -0.25) is 4.55 Å². The van der Waals surface area contributed by atoms with Crippen LogP contribution in [0.4, 0.5) is 11.4 Å². The first-order chi connectivity index (χ1) is 14.6. The van der Waals surface area contributed by atoms with Gasteiger partial charge in [-0.1, -0.05) is 54.3 Å². The van der Waals surface area contributed by atoms with Gasteiger partial charge in [-0.2, -0.15) is 18.6 Å². The summed E-state index contributed by atoms with van der Waals surface area (Å²) in [6.45, 7) is 0. The second kappa shape index (κ2) is 8.58. The van der Waals surface area contributed by atoms with Crippen molar-refractivity contribution in [3.63, 3.8) is 0 Å². The van der Waals surface area contributed by atoms with Crippen LogP contribution in [0.5, 0.6) is 5.75 Å². The molecule has 1 N–H and O–H groups in total. The molecule has 9 nitrogen and oxygen atoms in total. The summed E-state index contributed by atoms with van der Waals surface area (Å²) >= 11 is 0. The van der Waals surface area contributed by atoms with Crippen molar-refractivity contribution >= 4 is 53.2 Å². The van der Waals surface area contributed by atoms with Crippen LogP contribution in [0.3, 0.4) is 0 Å². The number of azo groups is 1. The molecule has 0 aromatic heterocycles. The first-order valence-corrected chi connectivity index (χ1v) is 11.5. The van der Waals surface area contributed by atoms with Gasteiger partial charge in [-0.15, -0.1) is 0 Å². The first kappa shape index (κ1) is 23.8. The van der Waals surface area contributed by atoms with Crippen LogP contribution in [0.1, 0.15) is 0 Å². The molecule has 32 heavy (non-hydrogen) atoms. The van der Waals surface area contributed by atoms with Crippen LogP contribution >= 0.6 is 0 Å². The Morgan fingerprint density at radius 3 is 2.09 bits per heavy atom. The van der Waals surface area contributed by atoms with Gasteiger partial charge < -0.3 is 9.66 Å². The minimum atomic E-state index is -5.19. The van der Waals surface area contributed by atoms with Crippen LogP contribution in [0.2, 0.25) is 0 Å². The zero-order valence-corrected chi connectivity index (χ0v) is 18.6. The minimum Gasteiger partial charge on any atom is -0.871 e. The molecule has 0 atom stereocenters. The molecule has 0 amide bonds. The van der Waals surface area contributed by atoms with Crippen molar-refractivity contribution in [1.82, 2.24) is 0 Å². The van der Waals surface area contributed by atoms with Crippen molar-refractivity contribution in [2.24, 2.45) is 10.2 Å². The molecule has 0 aliphatic carbocycles. The van der Waals surface area contributed by atoms with E-state index in [-0.39, 0.29) is 45.0 Å². The van der Waals surface area contributed by atoms with E-state index in [2.05, 4.69) is 10.2 Å². The molecule has 0 aliphatic heterocycles. The number of fused-ring (bicyclic) bond motifs is 2.